The molecule has 2 amide bonds. The van der Waals surface area contributed by atoms with E-state index in [0.717, 1.165) is 18.2 Å². The van der Waals surface area contributed by atoms with Gasteiger partial charge >= 0.3 is 0 Å². The molecule has 1 heterocycles. The van der Waals surface area contributed by atoms with Gasteiger partial charge in [-0.1, -0.05) is 0 Å². The van der Waals surface area contributed by atoms with Gasteiger partial charge in [-0.3, -0.25) is 19.7 Å². The first-order valence-corrected chi connectivity index (χ1v) is 6.39. The van der Waals surface area contributed by atoms with Gasteiger partial charge in [0.1, 0.15) is 11.4 Å². The largest absolute Gasteiger partial charge is 0.339 e. The fourth-order valence-corrected chi connectivity index (χ4v) is 2.23. The lowest BCUT2D eigenvalue weighted by Gasteiger charge is -2.34. The molecule has 21 heavy (non-hydrogen) atoms. The predicted molar refractivity (Wildman–Crippen MR) is 71.2 cm³/mol. The number of nitrogens with zero attached hydrogens (tertiary/aromatic N) is 3. The third kappa shape index (κ3) is 3.15. The summed E-state index contributed by atoms with van der Waals surface area (Å²) < 4.78 is 13.3. The van der Waals surface area contributed by atoms with Crippen LogP contribution in [0.15, 0.2) is 18.2 Å². The van der Waals surface area contributed by atoms with Crippen molar-refractivity contribution < 1.29 is 18.9 Å². The lowest BCUT2D eigenvalue weighted by atomic mass is 10.1. The molecule has 1 fully saturated rings. The number of piperazine rings is 1. The summed E-state index contributed by atoms with van der Waals surface area (Å²) in [5.41, 5.74) is -0.688. The highest BCUT2D eigenvalue weighted by Crippen LogP contribution is 2.22. The van der Waals surface area contributed by atoms with Crippen molar-refractivity contribution in [1.82, 2.24) is 9.80 Å². The molecule has 0 unspecified atom stereocenters. The van der Waals surface area contributed by atoms with E-state index in [-0.39, 0.29) is 24.6 Å². The maximum Gasteiger partial charge on any atom is 0.282 e. The molecule has 0 atom stereocenters. The number of nitro groups is 1. The van der Waals surface area contributed by atoms with Crippen LogP contribution in [0.2, 0.25) is 0 Å². The molecule has 0 spiro atoms. The van der Waals surface area contributed by atoms with Gasteiger partial charge < -0.3 is 9.80 Å². The summed E-state index contributed by atoms with van der Waals surface area (Å²) in [5.74, 6) is -1.38. The number of hydrogen-bond acceptors (Lipinski definition) is 4. The van der Waals surface area contributed by atoms with E-state index in [0.29, 0.717) is 13.1 Å². The first-order chi connectivity index (χ1) is 9.90. The molecular formula is C13H14FN3O4. The van der Waals surface area contributed by atoms with Crippen LogP contribution in [0, 0.1) is 15.9 Å². The second-order valence-electron chi connectivity index (χ2n) is 4.72. The second-order valence-corrected chi connectivity index (χ2v) is 4.72. The van der Waals surface area contributed by atoms with E-state index in [2.05, 4.69) is 0 Å². The highest BCUT2D eigenvalue weighted by Gasteiger charge is 2.28. The zero-order chi connectivity index (χ0) is 15.6. The number of nitro benzene ring substituents is 1. The maximum absolute atomic E-state index is 13.3. The highest BCUT2D eigenvalue weighted by molar-refractivity contribution is 5.98. The average Bonchev–Trinajstić information content (AvgIpc) is 2.46. The van der Waals surface area contributed by atoms with E-state index in [9.17, 15) is 24.1 Å². The Labute approximate surface area is 120 Å². The number of carbonyl (C=O) groups is 2. The van der Waals surface area contributed by atoms with Crippen LogP contribution in [-0.4, -0.2) is 52.7 Å². The molecule has 1 aliphatic rings. The van der Waals surface area contributed by atoms with Gasteiger partial charge in [0.15, 0.2) is 0 Å². The van der Waals surface area contributed by atoms with Crippen LogP contribution in [0.3, 0.4) is 0 Å². The Hall–Kier alpha value is -2.51. The third-order valence-corrected chi connectivity index (χ3v) is 3.40. The molecule has 0 bridgehead atoms. The minimum atomic E-state index is -0.710. The molecule has 0 aliphatic carbocycles. The number of carbonyl (C=O) groups excluding carboxylic acids is 2. The van der Waals surface area contributed by atoms with Gasteiger partial charge in [-0.25, -0.2) is 4.39 Å². The summed E-state index contributed by atoms with van der Waals surface area (Å²) in [6, 6.07) is 2.80. The number of rotatable bonds is 2. The van der Waals surface area contributed by atoms with E-state index in [1.54, 1.807) is 4.90 Å². The highest BCUT2D eigenvalue weighted by atomic mass is 19.1. The van der Waals surface area contributed by atoms with Crippen molar-refractivity contribution in [2.45, 2.75) is 6.92 Å². The summed E-state index contributed by atoms with van der Waals surface area (Å²) in [6.45, 7) is 2.71. The SMILES string of the molecule is CC(=O)N1CCN(C(=O)c2cc(F)ccc2[N+](=O)[O-])CC1. The molecule has 0 aromatic heterocycles. The van der Waals surface area contributed by atoms with Crippen LogP contribution in [0.1, 0.15) is 17.3 Å². The van der Waals surface area contributed by atoms with Crippen molar-refractivity contribution in [2.75, 3.05) is 26.2 Å². The molecule has 2 rings (SSSR count). The third-order valence-electron chi connectivity index (χ3n) is 3.40. The van der Waals surface area contributed by atoms with Crippen molar-refractivity contribution >= 4 is 17.5 Å². The molecule has 7 nitrogen and oxygen atoms in total. The number of benzene rings is 1. The molecule has 8 heteroatoms. The molecule has 1 saturated heterocycles. The zero-order valence-corrected chi connectivity index (χ0v) is 11.4. The van der Waals surface area contributed by atoms with E-state index >= 15 is 0 Å². The first-order valence-electron chi connectivity index (χ1n) is 6.39. The van der Waals surface area contributed by atoms with Gasteiger partial charge in [0.05, 0.1) is 4.92 Å². The van der Waals surface area contributed by atoms with E-state index in [1.165, 1.54) is 11.8 Å². The van der Waals surface area contributed by atoms with Crippen molar-refractivity contribution in [3.63, 3.8) is 0 Å². The monoisotopic (exact) mass is 295 g/mol. The minimum absolute atomic E-state index is 0.0844. The molecule has 0 saturated carbocycles. The molecule has 1 aliphatic heterocycles. The van der Waals surface area contributed by atoms with Crippen LogP contribution in [0.4, 0.5) is 10.1 Å². The van der Waals surface area contributed by atoms with E-state index in [4.69, 9.17) is 0 Å². The van der Waals surface area contributed by atoms with Crippen molar-refractivity contribution in [3.8, 4) is 0 Å². The molecule has 0 N–H and O–H groups in total. The summed E-state index contributed by atoms with van der Waals surface area (Å²) in [7, 11) is 0. The molecule has 112 valence electrons. The molecule has 1 aromatic rings. The predicted octanol–water partition coefficient (Wildman–Crippen LogP) is 1.04. The molecule has 0 radical (unpaired) electrons. The quantitative estimate of drug-likeness (QED) is 0.603. The summed E-state index contributed by atoms with van der Waals surface area (Å²) >= 11 is 0. The summed E-state index contributed by atoms with van der Waals surface area (Å²) in [5, 5.41) is 10.9. The lowest BCUT2D eigenvalue weighted by Crippen LogP contribution is -2.50. The van der Waals surface area contributed by atoms with Crippen LogP contribution in [0.5, 0.6) is 0 Å². The van der Waals surface area contributed by atoms with Gasteiger partial charge in [-0.15, -0.1) is 0 Å². The fourth-order valence-electron chi connectivity index (χ4n) is 2.23. The maximum atomic E-state index is 13.3. The Balaban J connectivity index is 2.20. The Morgan fingerprint density at radius 1 is 1.19 bits per heavy atom. The smallest absolute Gasteiger partial charge is 0.282 e. The number of halogens is 1. The van der Waals surface area contributed by atoms with Crippen LogP contribution < -0.4 is 0 Å². The Kier molecular flexibility index (Phi) is 4.15. The first kappa shape index (κ1) is 14.9. The molecule has 1 aromatic carbocycles. The van der Waals surface area contributed by atoms with Gasteiger partial charge in [0.25, 0.3) is 11.6 Å². The Morgan fingerprint density at radius 2 is 1.76 bits per heavy atom. The van der Waals surface area contributed by atoms with Crippen LogP contribution in [-0.2, 0) is 4.79 Å². The average molecular weight is 295 g/mol. The van der Waals surface area contributed by atoms with Crippen molar-refractivity contribution in [3.05, 3.63) is 39.7 Å². The Morgan fingerprint density at radius 3 is 2.29 bits per heavy atom. The summed E-state index contributed by atoms with van der Waals surface area (Å²) in [6.07, 6.45) is 0. The molecular weight excluding hydrogens is 281 g/mol. The topological polar surface area (TPSA) is 83.8 Å². The number of amides is 2. The normalized spacial score (nSPS) is 15.0. The van der Waals surface area contributed by atoms with Crippen molar-refractivity contribution in [1.29, 1.82) is 0 Å². The van der Waals surface area contributed by atoms with Gasteiger partial charge in [-0.2, -0.15) is 0 Å². The van der Waals surface area contributed by atoms with Gasteiger partial charge in [0, 0.05) is 39.2 Å². The zero-order valence-electron chi connectivity index (χ0n) is 11.4. The number of hydrogen-bond donors (Lipinski definition) is 0. The standard InChI is InChI=1S/C13H14FN3O4/c1-9(18)15-4-6-16(7-5-15)13(19)11-8-10(14)2-3-12(11)17(20)21/h2-3,8H,4-7H2,1H3. The van der Waals surface area contributed by atoms with Gasteiger partial charge in [0.2, 0.25) is 5.91 Å². The van der Waals surface area contributed by atoms with E-state index < -0.39 is 22.3 Å². The minimum Gasteiger partial charge on any atom is -0.339 e. The Bertz CT molecular complexity index is 597. The second kappa shape index (κ2) is 5.86. The van der Waals surface area contributed by atoms with Crippen molar-refractivity contribution in [2.24, 2.45) is 0 Å². The van der Waals surface area contributed by atoms with Crippen LogP contribution in [0.25, 0.3) is 0 Å². The van der Waals surface area contributed by atoms with Crippen LogP contribution >= 0.6 is 0 Å². The summed E-state index contributed by atoms with van der Waals surface area (Å²) in [4.78, 5) is 36.7. The fraction of sp³-hybridized carbons (Fsp3) is 0.385. The van der Waals surface area contributed by atoms with E-state index in [1.807, 2.05) is 0 Å². The lowest BCUT2D eigenvalue weighted by molar-refractivity contribution is -0.385. The van der Waals surface area contributed by atoms with Gasteiger partial charge in [-0.05, 0) is 12.1 Å².